The van der Waals surface area contributed by atoms with Crippen LogP contribution in [0.15, 0.2) is 187 Å². The average Bonchev–Trinajstić information content (AvgIpc) is 3.24. The lowest BCUT2D eigenvalue weighted by molar-refractivity contribution is 0.969. The smallest absolute Gasteiger partial charge is 0.164 e. The second-order valence-corrected chi connectivity index (χ2v) is 13.7. The zero-order valence-corrected chi connectivity index (χ0v) is 30.3. The quantitative estimate of drug-likeness (QED) is 0.169. The number of nitrogens with one attached hydrogen (secondary N) is 1. The molecule has 1 aliphatic rings. The normalized spacial score (nSPS) is 13.0. The third-order valence-electron chi connectivity index (χ3n) is 10.2. The van der Waals surface area contributed by atoms with Crippen LogP contribution in [0.5, 0.6) is 0 Å². The van der Waals surface area contributed by atoms with Crippen LogP contribution in [-0.2, 0) is 0 Å². The zero-order chi connectivity index (χ0) is 36.4. The number of fused-ring (bicyclic) bond motifs is 3. The van der Waals surface area contributed by atoms with Crippen LogP contribution in [-0.4, -0.2) is 21.5 Å². The van der Waals surface area contributed by atoms with Crippen LogP contribution in [0.3, 0.4) is 0 Å². The molecule has 8 aromatic rings. The molecule has 0 amide bonds. The molecule has 0 saturated carbocycles. The van der Waals surface area contributed by atoms with E-state index in [1.165, 1.54) is 43.8 Å². The number of aromatic nitrogens is 3. The van der Waals surface area contributed by atoms with Gasteiger partial charge in [0.2, 0.25) is 0 Å². The van der Waals surface area contributed by atoms with Crippen molar-refractivity contribution in [3.05, 3.63) is 193 Å². The highest BCUT2D eigenvalue weighted by atomic mass is 15.0. The fourth-order valence-electron chi connectivity index (χ4n) is 7.49. The first-order valence-electron chi connectivity index (χ1n) is 18.4. The first-order chi connectivity index (χ1) is 26.6. The van der Waals surface area contributed by atoms with Crippen molar-refractivity contribution in [3.8, 4) is 56.4 Å². The van der Waals surface area contributed by atoms with Gasteiger partial charge >= 0.3 is 0 Å². The molecule has 4 heteroatoms. The van der Waals surface area contributed by atoms with Gasteiger partial charge in [-0.15, -0.1) is 0 Å². The van der Waals surface area contributed by atoms with Gasteiger partial charge in [0.05, 0.1) is 0 Å². The van der Waals surface area contributed by atoms with Gasteiger partial charge in [-0.1, -0.05) is 152 Å². The molecular formula is C50H38N4. The van der Waals surface area contributed by atoms with Gasteiger partial charge in [0, 0.05) is 34.5 Å². The fourth-order valence-corrected chi connectivity index (χ4v) is 7.49. The topological polar surface area (TPSA) is 50.7 Å². The molecule has 1 aromatic heterocycles. The number of allylic oxidation sites excluding steroid dienone is 4. The highest BCUT2D eigenvalue weighted by Gasteiger charge is 2.18. The van der Waals surface area contributed by atoms with Crippen LogP contribution >= 0.6 is 0 Å². The minimum absolute atomic E-state index is 0.626. The highest BCUT2D eigenvalue weighted by Crippen LogP contribution is 2.38. The Balaban J connectivity index is 1.22. The lowest BCUT2D eigenvalue weighted by Gasteiger charge is -2.22. The van der Waals surface area contributed by atoms with Crippen molar-refractivity contribution < 1.29 is 0 Å². The van der Waals surface area contributed by atoms with E-state index >= 15 is 0 Å². The zero-order valence-electron chi connectivity index (χ0n) is 30.3. The number of nitrogens with zero attached hydrogens (tertiary/aromatic N) is 3. The maximum absolute atomic E-state index is 5.11. The van der Waals surface area contributed by atoms with Crippen LogP contribution in [0, 0.1) is 0 Å². The average molecular weight is 695 g/mol. The lowest BCUT2D eigenvalue weighted by atomic mass is 9.91. The maximum Gasteiger partial charge on any atom is 0.164 e. The highest BCUT2D eigenvalue weighted by molar-refractivity contribution is 6.13. The van der Waals surface area contributed by atoms with Crippen molar-refractivity contribution in [1.82, 2.24) is 20.3 Å². The van der Waals surface area contributed by atoms with Crippen molar-refractivity contribution in [2.45, 2.75) is 13.8 Å². The molecule has 0 aliphatic carbocycles. The van der Waals surface area contributed by atoms with E-state index in [1.807, 2.05) is 60.7 Å². The van der Waals surface area contributed by atoms with E-state index < -0.39 is 0 Å². The molecule has 258 valence electrons. The van der Waals surface area contributed by atoms with Crippen molar-refractivity contribution in [2.75, 3.05) is 6.54 Å². The van der Waals surface area contributed by atoms with Crippen LogP contribution in [0.1, 0.15) is 19.4 Å². The van der Waals surface area contributed by atoms with Gasteiger partial charge in [-0.25, -0.2) is 15.0 Å². The Labute approximate surface area is 315 Å². The molecule has 1 N–H and O–H groups in total. The maximum atomic E-state index is 5.11. The molecule has 0 atom stereocenters. The first-order valence-corrected chi connectivity index (χ1v) is 18.4. The fraction of sp³-hybridized carbons (Fsp3) is 0.0600. The monoisotopic (exact) mass is 694 g/mol. The largest absolute Gasteiger partial charge is 0.381 e. The summed E-state index contributed by atoms with van der Waals surface area (Å²) in [4.78, 5) is 15.2. The predicted molar refractivity (Wildman–Crippen MR) is 226 cm³/mol. The van der Waals surface area contributed by atoms with Crippen molar-refractivity contribution in [2.24, 2.45) is 0 Å². The summed E-state index contributed by atoms with van der Waals surface area (Å²) < 4.78 is 0. The molecule has 7 aromatic carbocycles. The number of hydrogen-bond acceptors (Lipinski definition) is 4. The molecule has 1 aliphatic heterocycles. The molecule has 0 bridgehead atoms. The Bertz CT molecular complexity index is 2700. The molecule has 0 radical (unpaired) electrons. The summed E-state index contributed by atoms with van der Waals surface area (Å²) in [6.45, 7) is 5.01. The van der Waals surface area contributed by atoms with Gasteiger partial charge in [-0.3, -0.25) is 0 Å². The number of rotatable bonds is 7. The van der Waals surface area contributed by atoms with Gasteiger partial charge in [-0.05, 0) is 93.0 Å². The summed E-state index contributed by atoms with van der Waals surface area (Å²) in [6.07, 6.45) is 6.53. The van der Waals surface area contributed by atoms with E-state index in [0.717, 1.165) is 45.6 Å². The third kappa shape index (κ3) is 6.29. The van der Waals surface area contributed by atoms with Crippen LogP contribution < -0.4 is 5.32 Å². The molecule has 4 nitrogen and oxygen atoms in total. The summed E-state index contributed by atoms with van der Waals surface area (Å²) in [5.74, 6) is 1.91. The van der Waals surface area contributed by atoms with Crippen LogP contribution in [0.25, 0.3) is 83.7 Å². The van der Waals surface area contributed by atoms with E-state index in [-0.39, 0.29) is 0 Å². The van der Waals surface area contributed by atoms with Gasteiger partial charge < -0.3 is 5.32 Å². The van der Waals surface area contributed by atoms with E-state index in [9.17, 15) is 0 Å². The van der Waals surface area contributed by atoms with Crippen molar-refractivity contribution >= 4 is 27.2 Å². The minimum Gasteiger partial charge on any atom is -0.381 e. The predicted octanol–water partition coefficient (Wildman–Crippen LogP) is 12.3. The Morgan fingerprint density at radius 3 is 1.69 bits per heavy atom. The standard InChI is InChI=1S/C50H38N4/c1-3-14-42-33(2)27-28-51-47(42)40-29-39(34-23-25-35(26-24-34)46-32-38-19-10-11-20-43(38)44-21-12-13-22-45(44)46)30-41(31-40)50-53-48(36-15-6-4-7-16-36)52-49(54-50)37-17-8-5-9-18-37/h3-27,29-32,51H,28H2,1-2H3/b14-3-. The number of hydrogen-bond donors (Lipinski definition) is 1. The molecule has 0 fully saturated rings. The van der Waals surface area contributed by atoms with Gasteiger partial charge in [0.25, 0.3) is 0 Å². The van der Waals surface area contributed by atoms with Gasteiger partial charge in [0.1, 0.15) is 0 Å². The molecule has 0 saturated heterocycles. The van der Waals surface area contributed by atoms with E-state index in [0.29, 0.717) is 17.5 Å². The Hall–Kier alpha value is -6.91. The minimum atomic E-state index is 0.626. The van der Waals surface area contributed by atoms with Crippen molar-refractivity contribution in [1.29, 1.82) is 0 Å². The number of dihydropyridines is 1. The van der Waals surface area contributed by atoms with E-state index in [2.05, 4.69) is 134 Å². The summed E-state index contributed by atoms with van der Waals surface area (Å²) >= 11 is 0. The molecular weight excluding hydrogens is 657 g/mol. The first kappa shape index (κ1) is 33.0. The summed E-state index contributed by atoms with van der Waals surface area (Å²) in [5, 5.41) is 8.73. The van der Waals surface area contributed by atoms with Gasteiger partial charge in [0.15, 0.2) is 17.5 Å². The molecule has 2 heterocycles. The second kappa shape index (κ2) is 14.3. The third-order valence-corrected chi connectivity index (χ3v) is 10.2. The van der Waals surface area contributed by atoms with E-state index in [4.69, 9.17) is 15.0 Å². The van der Waals surface area contributed by atoms with Crippen molar-refractivity contribution in [3.63, 3.8) is 0 Å². The summed E-state index contributed by atoms with van der Waals surface area (Å²) in [6, 6.07) is 55.6. The Morgan fingerprint density at radius 1 is 0.481 bits per heavy atom. The molecule has 54 heavy (non-hydrogen) atoms. The van der Waals surface area contributed by atoms with Crippen LogP contribution in [0.4, 0.5) is 0 Å². The summed E-state index contributed by atoms with van der Waals surface area (Å²) in [5.41, 5.74) is 12.0. The molecule has 0 spiro atoms. The lowest BCUT2D eigenvalue weighted by Crippen LogP contribution is -2.19. The molecule has 9 rings (SSSR count). The Kier molecular flexibility index (Phi) is 8.70. The molecule has 0 unspecified atom stereocenters. The van der Waals surface area contributed by atoms with Gasteiger partial charge in [-0.2, -0.15) is 0 Å². The van der Waals surface area contributed by atoms with Crippen LogP contribution in [0.2, 0.25) is 0 Å². The SMILES string of the molecule is C/C=C\C1=C(c2cc(-c3ccc(-c4cc5ccccc5c5ccccc45)cc3)cc(-c3nc(-c4ccccc4)nc(-c4ccccc4)n3)c2)NCC=C1C. The summed E-state index contributed by atoms with van der Waals surface area (Å²) in [7, 11) is 0. The Morgan fingerprint density at radius 2 is 1.02 bits per heavy atom. The number of benzene rings is 7. The van der Waals surface area contributed by atoms with E-state index in [1.54, 1.807) is 0 Å². The second-order valence-electron chi connectivity index (χ2n) is 13.7.